The summed E-state index contributed by atoms with van der Waals surface area (Å²) in [6.45, 7) is 2.04. The van der Waals surface area contributed by atoms with Crippen molar-refractivity contribution in [3.63, 3.8) is 0 Å². The van der Waals surface area contributed by atoms with Crippen LogP contribution in [0.2, 0.25) is 0 Å². The Bertz CT molecular complexity index is 714. The third kappa shape index (κ3) is 2.94. The summed E-state index contributed by atoms with van der Waals surface area (Å²) in [7, 11) is 0. The van der Waals surface area contributed by atoms with E-state index in [1.54, 1.807) is 12.4 Å². The fourth-order valence-electron chi connectivity index (χ4n) is 3.83. The molecular formula is C20H22N2O2. The molecule has 4 nitrogen and oxygen atoms in total. The number of hydrogen-bond donors (Lipinski definition) is 1. The van der Waals surface area contributed by atoms with Gasteiger partial charge in [0.25, 0.3) is 0 Å². The number of aromatic nitrogens is 1. The Kier molecular flexibility index (Phi) is 4.07. The molecule has 2 aliphatic heterocycles. The van der Waals surface area contributed by atoms with Crippen LogP contribution >= 0.6 is 0 Å². The lowest BCUT2D eigenvalue weighted by Gasteiger charge is -2.21. The minimum absolute atomic E-state index is 0.00289. The van der Waals surface area contributed by atoms with Crippen molar-refractivity contribution < 1.29 is 9.53 Å². The maximum Gasteiger partial charge on any atom is 0.226 e. The van der Waals surface area contributed by atoms with Crippen molar-refractivity contribution in [2.75, 3.05) is 0 Å². The summed E-state index contributed by atoms with van der Waals surface area (Å²) in [5.74, 6) is 0.162. The van der Waals surface area contributed by atoms with E-state index in [2.05, 4.69) is 34.6 Å². The minimum Gasteiger partial charge on any atom is -0.374 e. The number of rotatable bonds is 4. The average Bonchev–Trinajstić information content (AvgIpc) is 3.26. The minimum atomic E-state index is 0.00289. The summed E-state index contributed by atoms with van der Waals surface area (Å²) in [5.41, 5.74) is 3.42. The second-order valence-electron chi connectivity index (χ2n) is 6.80. The highest BCUT2D eigenvalue weighted by atomic mass is 16.5. The van der Waals surface area contributed by atoms with E-state index in [0.29, 0.717) is 6.10 Å². The van der Waals surface area contributed by atoms with E-state index in [-0.39, 0.29) is 24.0 Å². The molecule has 0 radical (unpaired) electrons. The number of carbonyl (C=O) groups excluding carboxylic acids is 1. The largest absolute Gasteiger partial charge is 0.374 e. The van der Waals surface area contributed by atoms with Crippen LogP contribution in [0.1, 0.15) is 37.8 Å². The van der Waals surface area contributed by atoms with Crippen LogP contribution in [0, 0.1) is 5.92 Å². The predicted octanol–water partition coefficient (Wildman–Crippen LogP) is 3.49. The van der Waals surface area contributed by atoms with Gasteiger partial charge in [-0.1, -0.05) is 24.3 Å². The molecule has 4 heteroatoms. The van der Waals surface area contributed by atoms with Crippen LogP contribution in [0.5, 0.6) is 0 Å². The normalized spacial score (nSPS) is 26.3. The molecule has 1 aromatic heterocycles. The van der Waals surface area contributed by atoms with E-state index in [1.807, 2.05) is 19.1 Å². The number of nitrogens with zero attached hydrogens (tertiary/aromatic N) is 1. The first kappa shape index (κ1) is 15.3. The van der Waals surface area contributed by atoms with E-state index in [4.69, 9.17) is 4.74 Å². The van der Waals surface area contributed by atoms with Gasteiger partial charge in [-0.3, -0.25) is 9.78 Å². The Hall–Kier alpha value is -2.20. The molecule has 124 valence electrons. The zero-order chi connectivity index (χ0) is 16.5. The molecule has 4 rings (SSSR count). The van der Waals surface area contributed by atoms with Gasteiger partial charge in [0.1, 0.15) is 0 Å². The van der Waals surface area contributed by atoms with E-state index in [0.717, 1.165) is 36.0 Å². The number of pyridine rings is 1. The molecule has 2 aromatic rings. The van der Waals surface area contributed by atoms with Gasteiger partial charge < -0.3 is 10.1 Å². The molecule has 2 fully saturated rings. The van der Waals surface area contributed by atoms with Gasteiger partial charge in [0.2, 0.25) is 5.91 Å². The molecule has 2 saturated heterocycles. The molecule has 2 bridgehead atoms. The summed E-state index contributed by atoms with van der Waals surface area (Å²) in [6.07, 6.45) is 7.05. The zero-order valence-electron chi connectivity index (χ0n) is 13.8. The maximum atomic E-state index is 12.5. The number of amides is 1. The molecule has 1 aromatic carbocycles. The Morgan fingerprint density at radius 3 is 2.46 bits per heavy atom. The summed E-state index contributed by atoms with van der Waals surface area (Å²) < 4.78 is 5.79. The third-order valence-electron chi connectivity index (χ3n) is 5.23. The molecule has 0 aliphatic carbocycles. The van der Waals surface area contributed by atoms with Gasteiger partial charge in [0.05, 0.1) is 24.2 Å². The fraction of sp³-hybridized carbons (Fsp3) is 0.400. The molecule has 2 aliphatic rings. The molecule has 0 spiro atoms. The number of carbonyl (C=O) groups is 1. The number of nitrogens with one attached hydrogen (secondary N) is 1. The Labute approximate surface area is 142 Å². The Morgan fingerprint density at radius 1 is 1.12 bits per heavy atom. The highest BCUT2D eigenvalue weighted by Gasteiger charge is 2.44. The first-order valence-corrected chi connectivity index (χ1v) is 8.67. The van der Waals surface area contributed by atoms with Crippen LogP contribution in [-0.4, -0.2) is 23.1 Å². The van der Waals surface area contributed by atoms with Crippen molar-refractivity contribution in [2.24, 2.45) is 5.92 Å². The van der Waals surface area contributed by atoms with Crippen LogP contribution in [0.25, 0.3) is 11.1 Å². The summed E-state index contributed by atoms with van der Waals surface area (Å²) in [5, 5.41) is 3.15. The first-order chi connectivity index (χ1) is 11.7. The number of ether oxygens (including phenoxy) is 1. The van der Waals surface area contributed by atoms with Crippen molar-refractivity contribution in [3.8, 4) is 11.1 Å². The van der Waals surface area contributed by atoms with Crippen LogP contribution in [0.15, 0.2) is 48.8 Å². The second kappa shape index (κ2) is 6.36. The van der Waals surface area contributed by atoms with Gasteiger partial charge in [0, 0.05) is 12.4 Å². The summed E-state index contributed by atoms with van der Waals surface area (Å²) in [6, 6.07) is 12.3. The molecule has 1 amide bonds. The predicted molar refractivity (Wildman–Crippen MR) is 92.2 cm³/mol. The number of hydrogen-bond acceptors (Lipinski definition) is 3. The standard InChI is InChI=1S/C20H22N2O2/c1-13(22-20(23)18-12-17-6-7-19(18)24-17)14-2-4-15(5-3-14)16-8-10-21-11-9-16/h2-5,8-11,13,17-19H,6-7,12H2,1H3,(H,22,23)/t13-,17+,18+,19+/m0/s1. The van der Waals surface area contributed by atoms with Crippen molar-refractivity contribution in [2.45, 2.75) is 44.4 Å². The number of benzene rings is 1. The van der Waals surface area contributed by atoms with Crippen molar-refractivity contribution in [1.82, 2.24) is 10.3 Å². The van der Waals surface area contributed by atoms with Crippen LogP contribution < -0.4 is 5.32 Å². The molecule has 1 N–H and O–H groups in total. The SMILES string of the molecule is C[C@H](NC(=O)[C@@H]1C[C@H]2CC[C@H]1O2)c1ccc(-c2ccncc2)cc1. The average molecular weight is 322 g/mol. The monoisotopic (exact) mass is 322 g/mol. The lowest BCUT2D eigenvalue weighted by molar-refractivity contribution is -0.127. The van der Waals surface area contributed by atoms with Gasteiger partial charge in [0.15, 0.2) is 0 Å². The zero-order valence-corrected chi connectivity index (χ0v) is 13.8. The first-order valence-electron chi connectivity index (χ1n) is 8.67. The van der Waals surface area contributed by atoms with Gasteiger partial charge in [-0.15, -0.1) is 0 Å². The van der Waals surface area contributed by atoms with Gasteiger partial charge >= 0.3 is 0 Å². The second-order valence-corrected chi connectivity index (χ2v) is 6.80. The summed E-state index contributed by atoms with van der Waals surface area (Å²) >= 11 is 0. The van der Waals surface area contributed by atoms with E-state index in [9.17, 15) is 4.79 Å². The fourth-order valence-corrected chi connectivity index (χ4v) is 3.83. The van der Waals surface area contributed by atoms with Gasteiger partial charge in [-0.2, -0.15) is 0 Å². The Morgan fingerprint density at radius 2 is 1.83 bits per heavy atom. The molecular weight excluding hydrogens is 300 g/mol. The highest BCUT2D eigenvalue weighted by molar-refractivity contribution is 5.80. The van der Waals surface area contributed by atoms with Gasteiger partial charge in [-0.25, -0.2) is 0 Å². The van der Waals surface area contributed by atoms with Gasteiger partial charge in [-0.05, 0) is 55.0 Å². The van der Waals surface area contributed by atoms with E-state index < -0.39 is 0 Å². The lowest BCUT2D eigenvalue weighted by Crippen LogP contribution is -2.37. The number of fused-ring (bicyclic) bond motifs is 2. The molecule has 0 unspecified atom stereocenters. The summed E-state index contributed by atoms with van der Waals surface area (Å²) in [4.78, 5) is 16.6. The topological polar surface area (TPSA) is 51.2 Å². The van der Waals surface area contributed by atoms with Crippen LogP contribution in [-0.2, 0) is 9.53 Å². The molecule has 4 atom stereocenters. The third-order valence-corrected chi connectivity index (χ3v) is 5.23. The molecule has 24 heavy (non-hydrogen) atoms. The van der Waals surface area contributed by atoms with Crippen LogP contribution in [0.3, 0.4) is 0 Å². The van der Waals surface area contributed by atoms with Crippen molar-refractivity contribution in [1.29, 1.82) is 0 Å². The van der Waals surface area contributed by atoms with E-state index in [1.165, 1.54) is 0 Å². The maximum absolute atomic E-state index is 12.5. The molecule has 0 saturated carbocycles. The van der Waals surface area contributed by atoms with Crippen molar-refractivity contribution in [3.05, 3.63) is 54.4 Å². The quantitative estimate of drug-likeness (QED) is 0.937. The van der Waals surface area contributed by atoms with Crippen LogP contribution in [0.4, 0.5) is 0 Å². The van der Waals surface area contributed by atoms with Crippen molar-refractivity contribution >= 4 is 5.91 Å². The van der Waals surface area contributed by atoms with E-state index >= 15 is 0 Å². The Balaban J connectivity index is 1.41. The molecule has 3 heterocycles. The highest BCUT2D eigenvalue weighted by Crippen LogP contribution is 2.39. The lowest BCUT2D eigenvalue weighted by atomic mass is 9.88. The smallest absolute Gasteiger partial charge is 0.226 e.